The number of likely N-dealkylation sites (tertiary alicyclic amines) is 1. The number of halogens is 6. The summed E-state index contributed by atoms with van der Waals surface area (Å²) in [5.41, 5.74) is 0.0726. The fourth-order valence-corrected chi connectivity index (χ4v) is 3.91. The van der Waals surface area contributed by atoms with Gasteiger partial charge in [-0.2, -0.15) is 13.2 Å². The molecule has 1 heterocycles. The second-order valence-corrected chi connectivity index (χ2v) is 8.22. The quantitative estimate of drug-likeness (QED) is 0.558. The zero-order valence-electron chi connectivity index (χ0n) is 15.2. The van der Waals surface area contributed by atoms with Crippen LogP contribution in [0.1, 0.15) is 24.0 Å². The number of nitrogens with one attached hydrogen (secondary N) is 1. The van der Waals surface area contributed by atoms with E-state index in [1.165, 1.54) is 0 Å². The van der Waals surface area contributed by atoms with Crippen molar-refractivity contribution in [3.8, 4) is 0 Å². The van der Waals surface area contributed by atoms with Crippen LogP contribution in [-0.4, -0.2) is 23.9 Å². The van der Waals surface area contributed by atoms with Gasteiger partial charge in [0.05, 0.1) is 16.3 Å². The summed E-state index contributed by atoms with van der Waals surface area (Å²) in [5.74, 6) is -0.618. The van der Waals surface area contributed by atoms with Gasteiger partial charge in [-0.05, 0) is 61.8 Å². The smallest absolute Gasteiger partial charge is 0.325 e. The van der Waals surface area contributed by atoms with Crippen molar-refractivity contribution < 1.29 is 18.0 Å². The first kappa shape index (κ1) is 22.2. The molecule has 2 aromatic carbocycles. The molecule has 3 rings (SSSR count). The second-order valence-electron chi connectivity index (χ2n) is 6.97. The van der Waals surface area contributed by atoms with Crippen molar-refractivity contribution in [1.29, 1.82) is 0 Å². The number of anilines is 1. The highest BCUT2D eigenvalue weighted by Crippen LogP contribution is 2.34. The third-order valence-electron chi connectivity index (χ3n) is 4.92. The lowest BCUT2D eigenvalue weighted by atomic mass is 9.95. The van der Waals surface area contributed by atoms with Gasteiger partial charge in [0.2, 0.25) is 5.91 Å². The van der Waals surface area contributed by atoms with Crippen LogP contribution in [0.25, 0.3) is 0 Å². The molecule has 1 aliphatic heterocycles. The summed E-state index contributed by atoms with van der Waals surface area (Å²) in [4.78, 5) is 14.7. The Morgan fingerprint density at radius 1 is 1.03 bits per heavy atom. The third-order valence-corrected chi connectivity index (χ3v) is 5.84. The van der Waals surface area contributed by atoms with Crippen molar-refractivity contribution >= 4 is 46.4 Å². The Morgan fingerprint density at radius 3 is 2.34 bits per heavy atom. The number of piperidine rings is 1. The van der Waals surface area contributed by atoms with Crippen LogP contribution < -0.4 is 5.32 Å². The Kier molecular flexibility index (Phi) is 6.99. The van der Waals surface area contributed by atoms with E-state index in [2.05, 4.69) is 10.2 Å². The van der Waals surface area contributed by atoms with E-state index in [1.807, 2.05) is 6.07 Å². The monoisotopic (exact) mass is 464 g/mol. The summed E-state index contributed by atoms with van der Waals surface area (Å²) in [5, 5.41) is 3.78. The first-order valence-corrected chi connectivity index (χ1v) is 10.1. The van der Waals surface area contributed by atoms with Crippen LogP contribution >= 0.6 is 34.8 Å². The van der Waals surface area contributed by atoms with Gasteiger partial charge in [0, 0.05) is 22.5 Å². The first-order chi connectivity index (χ1) is 13.6. The van der Waals surface area contributed by atoms with Crippen LogP contribution in [0.4, 0.5) is 18.9 Å². The summed E-state index contributed by atoms with van der Waals surface area (Å²) < 4.78 is 38.7. The second kappa shape index (κ2) is 9.13. The molecule has 0 saturated carbocycles. The molecule has 0 spiro atoms. The summed E-state index contributed by atoms with van der Waals surface area (Å²) in [6.07, 6.45) is -3.32. The molecular formula is C20H18Cl3F3N2O. The van der Waals surface area contributed by atoms with Crippen LogP contribution in [0.15, 0.2) is 36.4 Å². The number of benzene rings is 2. The number of amides is 1. The lowest BCUT2D eigenvalue weighted by Gasteiger charge is -2.31. The predicted molar refractivity (Wildman–Crippen MR) is 110 cm³/mol. The summed E-state index contributed by atoms with van der Waals surface area (Å²) in [6, 6.07) is 8.23. The number of carbonyl (C=O) groups is 1. The Labute approximate surface area is 181 Å². The maximum absolute atomic E-state index is 12.9. The average molecular weight is 466 g/mol. The summed E-state index contributed by atoms with van der Waals surface area (Å²) >= 11 is 18.1. The van der Waals surface area contributed by atoms with Crippen molar-refractivity contribution in [1.82, 2.24) is 4.90 Å². The molecule has 0 atom stereocenters. The number of hydrogen-bond acceptors (Lipinski definition) is 2. The molecule has 0 unspecified atom stereocenters. The van der Waals surface area contributed by atoms with Crippen molar-refractivity contribution in [2.24, 2.45) is 5.92 Å². The van der Waals surface area contributed by atoms with Gasteiger partial charge in [0.25, 0.3) is 0 Å². The molecule has 9 heteroatoms. The van der Waals surface area contributed by atoms with Crippen LogP contribution in [0.5, 0.6) is 0 Å². The fraction of sp³-hybridized carbons (Fsp3) is 0.350. The molecule has 1 aliphatic rings. The number of nitrogens with zero attached hydrogens (tertiary/aromatic N) is 1. The molecule has 1 amide bonds. The maximum atomic E-state index is 12.9. The Morgan fingerprint density at radius 2 is 1.72 bits per heavy atom. The van der Waals surface area contributed by atoms with Crippen molar-refractivity contribution in [2.45, 2.75) is 25.6 Å². The maximum Gasteiger partial charge on any atom is 0.416 e. The fourth-order valence-electron chi connectivity index (χ4n) is 3.28. The Hall–Kier alpha value is -1.47. The molecule has 29 heavy (non-hydrogen) atoms. The highest BCUT2D eigenvalue weighted by atomic mass is 35.5. The molecule has 0 bridgehead atoms. The molecule has 2 aromatic rings. The number of hydrogen-bond donors (Lipinski definition) is 1. The van der Waals surface area contributed by atoms with Crippen LogP contribution in [0, 0.1) is 5.92 Å². The van der Waals surface area contributed by atoms with Gasteiger partial charge < -0.3 is 5.32 Å². The highest BCUT2D eigenvalue weighted by Gasteiger charge is 2.32. The molecule has 0 aliphatic carbocycles. The van der Waals surface area contributed by atoms with E-state index in [4.69, 9.17) is 34.8 Å². The lowest BCUT2D eigenvalue weighted by molar-refractivity contribution is -0.137. The zero-order valence-corrected chi connectivity index (χ0v) is 17.5. The lowest BCUT2D eigenvalue weighted by Crippen LogP contribution is -2.37. The van der Waals surface area contributed by atoms with E-state index < -0.39 is 11.7 Å². The van der Waals surface area contributed by atoms with E-state index in [9.17, 15) is 18.0 Å². The molecule has 3 nitrogen and oxygen atoms in total. The van der Waals surface area contributed by atoms with Crippen molar-refractivity contribution in [3.63, 3.8) is 0 Å². The Bertz CT molecular complexity index is 897. The predicted octanol–water partition coefficient (Wildman–Crippen LogP) is 6.52. The first-order valence-electron chi connectivity index (χ1n) is 8.97. The normalized spacial score (nSPS) is 16.1. The molecule has 0 radical (unpaired) electrons. The minimum Gasteiger partial charge on any atom is -0.325 e. The third kappa shape index (κ3) is 5.79. The van der Waals surface area contributed by atoms with Gasteiger partial charge in [-0.15, -0.1) is 0 Å². The zero-order chi connectivity index (χ0) is 21.2. The molecule has 1 N–H and O–H groups in total. The number of rotatable bonds is 4. The standard InChI is InChI=1S/C20H18Cl3F3N2O/c21-15-3-1-13(17(23)10-15)11-28-7-5-12(6-8-28)19(29)27-18-9-14(20(24,25)26)2-4-16(18)22/h1-4,9-10,12H,5-8,11H2,(H,27,29). The average Bonchev–Trinajstić information content (AvgIpc) is 2.65. The highest BCUT2D eigenvalue weighted by molar-refractivity contribution is 6.35. The SMILES string of the molecule is O=C(Nc1cc(C(F)(F)F)ccc1Cl)C1CCN(Cc2ccc(Cl)cc2Cl)CC1. The van der Waals surface area contributed by atoms with Crippen molar-refractivity contribution in [3.05, 3.63) is 62.6 Å². The van der Waals surface area contributed by atoms with Crippen LogP contribution in [0.3, 0.4) is 0 Å². The van der Waals surface area contributed by atoms with Crippen LogP contribution in [-0.2, 0) is 17.5 Å². The Balaban J connectivity index is 1.58. The van der Waals surface area contributed by atoms with E-state index in [-0.39, 0.29) is 22.5 Å². The van der Waals surface area contributed by atoms with E-state index in [1.54, 1.807) is 12.1 Å². The topological polar surface area (TPSA) is 32.3 Å². The van der Waals surface area contributed by atoms with Gasteiger partial charge in [-0.25, -0.2) is 0 Å². The van der Waals surface area contributed by atoms with Gasteiger partial charge >= 0.3 is 6.18 Å². The van der Waals surface area contributed by atoms with E-state index >= 15 is 0 Å². The summed E-state index contributed by atoms with van der Waals surface area (Å²) in [6.45, 7) is 1.99. The van der Waals surface area contributed by atoms with Gasteiger partial charge in [-0.3, -0.25) is 9.69 Å². The summed E-state index contributed by atoms with van der Waals surface area (Å²) in [7, 11) is 0. The van der Waals surface area contributed by atoms with Crippen molar-refractivity contribution in [2.75, 3.05) is 18.4 Å². The molecule has 0 aromatic heterocycles. The minimum atomic E-state index is -4.50. The minimum absolute atomic E-state index is 0.0260. The van der Waals surface area contributed by atoms with E-state index in [0.717, 1.165) is 23.8 Å². The molecule has 1 saturated heterocycles. The molecule has 1 fully saturated rings. The number of alkyl halides is 3. The van der Waals surface area contributed by atoms with Gasteiger partial charge in [0.15, 0.2) is 0 Å². The molecular weight excluding hydrogens is 448 g/mol. The molecule has 156 valence electrons. The van der Waals surface area contributed by atoms with Crippen LogP contribution in [0.2, 0.25) is 15.1 Å². The van der Waals surface area contributed by atoms with Gasteiger partial charge in [0.1, 0.15) is 0 Å². The van der Waals surface area contributed by atoms with E-state index in [0.29, 0.717) is 42.5 Å². The number of carbonyl (C=O) groups excluding carboxylic acids is 1. The van der Waals surface area contributed by atoms with Gasteiger partial charge in [-0.1, -0.05) is 40.9 Å². The largest absolute Gasteiger partial charge is 0.416 e.